The zero-order valence-corrected chi connectivity index (χ0v) is 11.9. The Balaban J connectivity index is 2.95. The summed E-state index contributed by atoms with van der Waals surface area (Å²) in [6, 6.07) is 3.51. The molecule has 8 nitrogen and oxygen atoms in total. The van der Waals surface area contributed by atoms with Crippen LogP contribution in [-0.2, 0) is 10.0 Å². The molecule has 0 aliphatic heterocycles. The molecule has 112 valence electrons. The number of benzene rings is 1. The highest BCUT2D eigenvalue weighted by molar-refractivity contribution is 7.89. The minimum Gasteiger partial charge on any atom is -0.318 e. The third-order valence-electron chi connectivity index (χ3n) is 2.70. The summed E-state index contributed by atoms with van der Waals surface area (Å²) in [5.74, 6) is 5.14. The van der Waals surface area contributed by atoms with Crippen molar-refractivity contribution in [2.24, 2.45) is 5.84 Å². The molecule has 20 heavy (non-hydrogen) atoms. The first-order chi connectivity index (χ1) is 9.42. The number of anilines is 1. The summed E-state index contributed by atoms with van der Waals surface area (Å²) in [5, 5.41) is 10.9. The number of nitrogen functional groups attached to an aromatic ring is 1. The van der Waals surface area contributed by atoms with Crippen LogP contribution in [0.15, 0.2) is 23.1 Å². The lowest BCUT2D eigenvalue weighted by atomic mass is 10.3. The quantitative estimate of drug-likeness (QED) is 0.288. The van der Waals surface area contributed by atoms with Crippen molar-refractivity contribution in [2.75, 3.05) is 12.0 Å². The van der Waals surface area contributed by atoms with Crippen molar-refractivity contribution in [3.8, 4) is 0 Å². The number of hydrogen-bond acceptors (Lipinski definition) is 6. The summed E-state index contributed by atoms with van der Waals surface area (Å²) in [4.78, 5) is 10.0. The topological polar surface area (TPSA) is 127 Å². The predicted molar refractivity (Wildman–Crippen MR) is 75.6 cm³/mol. The first kappa shape index (κ1) is 16.3. The molecule has 0 aromatic heterocycles. The van der Waals surface area contributed by atoms with E-state index in [0.29, 0.717) is 6.54 Å². The first-order valence-electron chi connectivity index (χ1n) is 6.17. The van der Waals surface area contributed by atoms with Gasteiger partial charge < -0.3 is 5.43 Å². The maximum absolute atomic E-state index is 12.0. The molecule has 9 heteroatoms. The van der Waals surface area contributed by atoms with Gasteiger partial charge in [-0.25, -0.2) is 13.1 Å². The molecule has 0 bridgehead atoms. The molecule has 0 saturated carbocycles. The molecule has 0 radical (unpaired) electrons. The first-order valence-corrected chi connectivity index (χ1v) is 7.65. The van der Waals surface area contributed by atoms with E-state index >= 15 is 0 Å². The summed E-state index contributed by atoms with van der Waals surface area (Å²) in [6.45, 7) is 2.32. The third kappa shape index (κ3) is 4.15. The Kier molecular flexibility index (Phi) is 5.86. The van der Waals surface area contributed by atoms with E-state index in [2.05, 4.69) is 10.1 Å². The zero-order valence-electron chi connectivity index (χ0n) is 11.1. The fourth-order valence-electron chi connectivity index (χ4n) is 1.62. The fraction of sp³-hybridized carbons (Fsp3) is 0.455. The van der Waals surface area contributed by atoms with E-state index < -0.39 is 14.9 Å². The smallest absolute Gasteiger partial charge is 0.294 e. The van der Waals surface area contributed by atoms with Gasteiger partial charge in [-0.05, 0) is 18.6 Å². The van der Waals surface area contributed by atoms with E-state index in [1.165, 1.54) is 12.1 Å². The van der Waals surface area contributed by atoms with E-state index in [1.54, 1.807) is 0 Å². The summed E-state index contributed by atoms with van der Waals surface area (Å²) in [7, 11) is -3.74. The summed E-state index contributed by atoms with van der Waals surface area (Å²) in [6.07, 6.45) is 2.61. The Bertz CT molecular complexity index is 574. The minimum absolute atomic E-state index is 0.0555. The molecule has 0 saturated heterocycles. The number of hydrogen-bond donors (Lipinski definition) is 3. The maximum Gasteiger partial charge on any atom is 0.294 e. The highest BCUT2D eigenvalue weighted by Gasteiger charge is 2.20. The number of hydrazine groups is 1. The van der Waals surface area contributed by atoms with Crippen LogP contribution in [0.2, 0.25) is 0 Å². The van der Waals surface area contributed by atoms with Crippen molar-refractivity contribution in [1.29, 1.82) is 0 Å². The van der Waals surface area contributed by atoms with Gasteiger partial charge in [-0.2, -0.15) is 0 Å². The van der Waals surface area contributed by atoms with Crippen molar-refractivity contribution in [1.82, 2.24) is 4.72 Å². The van der Waals surface area contributed by atoms with Crippen LogP contribution in [0.3, 0.4) is 0 Å². The van der Waals surface area contributed by atoms with Crippen LogP contribution >= 0.6 is 0 Å². The second kappa shape index (κ2) is 7.17. The summed E-state index contributed by atoms with van der Waals surface area (Å²) in [5.41, 5.74) is 1.83. The highest BCUT2D eigenvalue weighted by Crippen LogP contribution is 2.26. The van der Waals surface area contributed by atoms with Crippen LogP contribution < -0.4 is 16.0 Å². The van der Waals surface area contributed by atoms with Gasteiger partial charge in [-0.1, -0.05) is 19.8 Å². The Labute approximate surface area is 117 Å². The number of nitro groups is 1. The molecule has 0 unspecified atom stereocenters. The second-order valence-corrected chi connectivity index (χ2v) is 5.95. The van der Waals surface area contributed by atoms with Crippen molar-refractivity contribution >= 4 is 21.4 Å². The molecule has 1 aromatic rings. The fourth-order valence-corrected chi connectivity index (χ4v) is 2.71. The molecule has 0 aliphatic carbocycles. The van der Waals surface area contributed by atoms with Crippen molar-refractivity contribution in [3.05, 3.63) is 28.3 Å². The lowest BCUT2D eigenvalue weighted by Crippen LogP contribution is -2.25. The SMILES string of the molecule is CCCCCNS(=O)(=O)c1ccc(NN)c([N+](=O)[O-])c1. The molecule has 1 rings (SSSR count). The average Bonchev–Trinajstić information content (AvgIpc) is 2.42. The van der Waals surface area contributed by atoms with E-state index in [4.69, 9.17) is 5.84 Å². The third-order valence-corrected chi connectivity index (χ3v) is 4.16. The number of nitrogens with two attached hydrogens (primary N) is 1. The van der Waals surface area contributed by atoms with Crippen LogP contribution in [0.5, 0.6) is 0 Å². The van der Waals surface area contributed by atoms with Gasteiger partial charge in [0.2, 0.25) is 10.0 Å². The van der Waals surface area contributed by atoms with Crippen LogP contribution in [-0.4, -0.2) is 19.9 Å². The van der Waals surface area contributed by atoms with Crippen LogP contribution in [0, 0.1) is 10.1 Å². The summed E-state index contributed by atoms with van der Waals surface area (Å²) >= 11 is 0. The van der Waals surface area contributed by atoms with Crippen LogP contribution in [0.4, 0.5) is 11.4 Å². The largest absolute Gasteiger partial charge is 0.318 e. The second-order valence-electron chi connectivity index (χ2n) is 4.19. The average molecular weight is 302 g/mol. The van der Waals surface area contributed by atoms with Gasteiger partial charge in [0.1, 0.15) is 5.69 Å². The number of nitrogens with zero attached hydrogens (tertiary/aromatic N) is 1. The number of nitrogens with one attached hydrogen (secondary N) is 2. The van der Waals surface area contributed by atoms with Gasteiger partial charge in [0.05, 0.1) is 9.82 Å². The molecule has 0 atom stereocenters. The van der Waals surface area contributed by atoms with E-state index in [9.17, 15) is 18.5 Å². The van der Waals surface area contributed by atoms with Gasteiger partial charge in [0.25, 0.3) is 5.69 Å². The number of nitro benzene ring substituents is 1. The highest BCUT2D eigenvalue weighted by atomic mass is 32.2. The molecule has 0 fully saturated rings. The van der Waals surface area contributed by atoms with Crippen molar-refractivity contribution < 1.29 is 13.3 Å². The monoisotopic (exact) mass is 302 g/mol. The normalized spacial score (nSPS) is 11.3. The zero-order chi connectivity index (χ0) is 15.2. The van der Waals surface area contributed by atoms with E-state index in [-0.39, 0.29) is 16.3 Å². The molecule has 0 spiro atoms. The lowest BCUT2D eigenvalue weighted by Gasteiger charge is -2.08. The molecular weight excluding hydrogens is 284 g/mol. The summed E-state index contributed by atoms with van der Waals surface area (Å²) < 4.78 is 26.4. The van der Waals surface area contributed by atoms with E-state index in [1.807, 2.05) is 6.92 Å². The van der Waals surface area contributed by atoms with Crippen LogP contribution in [0.1, 0.15) is 26.2 Å². The molecular formula is C11H18N4O4S. The molecule has 0 heterocycles. The molecule has 0 aliphatic rings. The predicted octanol–water partition coefficient (Wildman–Crippen LogP) is 1.35. The van der Waals surface area contributed by atoms with E-state index in [0.717, 1.165) is 25.3 Å². The van der Waals surface area contributed by atoms with Gasteiger partial charge in [-0.3, -0.25) is 16.0 Å². The van der Waals surface area contributed by atoms with Gasteiger partial charge in [0, 0.05) is 12.6 Å². The maximum atomic E-state index is 12.0. The standard InChI is InChI=1S/C11H18N4O4S/c1-2-3-4-7-13-20(18,19)9-5-6-10(14-12)11(8-9)15(16)17/h5-6,8,13-14H,2-4,7,12H2,1H3. The van der Waals surface area contributed by atoms with Crippen LogP contribution in [0.25, 0.3) is 0 Å². The van der Waals surface area contributed by atoms with Gasteiger partial charge >= 0.3 is 0 Å². The Morgan fingerprint density at radius 1 is 1.35 bits per heavy atom. The Morgan fingerprint density at radius 2 is 2.05 bits per heavy atom. The van der Waals surface area contributed by atoms with Gasteiger partial charge in [-0.15, -0.1) is 0 Å². The molecule has 1 aromatic carbocycles. The number of rotatable bonds is 8. The van der Waals surface area contributed by atoms with Gasteiger partial charge in [0.15, 0.2) is 0 Å². The Hall–Kier alpha value is -1.71. The Morgan fingerprint density at radius 3 is 2.60 bits per heavy atom. The number of unbranched alkanes of at least 4 members (excludes halogenated alkanes) is 2. The number of sulfonamides is 1. The van der Waals surface area contributed by atoms with Crippen molar-refractivity contribution in [3.63, 3.8) is 0 Å². The van der Waals surface area contributed by atoms with Crippen molar-refractivity contribution in [2.45, 2.75) is 31.1 Å². The molecule has 4 N–H and O–H groups in total. The lowest BCUT2D eigenvalue weighted by molar-refractivity contribution is -0.384. The molecule has 0 amide bonds. The minimum atomic E-state index is -3.74.